The van der Waals surface area contributed by atoms with Gasteiger partial charge in [-0.15, -0.1) is 0 Å². The molecule has 0 aromatic heterocycles. The summed E-state index contributed by atoms with van der Waals surface area (Å²) in [6.45, 7) is 7.92. The number of hydrogen-bond donors (Lipinski definition) is 1. The Morgan fingerprint density at radius 2 is 1.67 bits per heavy atom. The highest BCUT2D eigenvalue weighted by atomic mass is 14.9. The van der Waals surface area contributed by atoms with E-state index < -0.39 is 0 Å². The van der Waals surface area contributed by atoms with Crippen LogP contribution in [0.3, 0.4) is 0 Å². The van der Waals surface area contributed by atoms with Gasteiger partial charge in [0.05, 0.1) is 0 Å². The first-order valence-electron chi connectivity index (χ1n) is 7.57. The van der Waals surface area contributed by atoms with E-state index in [1.165, 1.54) is 37.7 Å². The Hall–Kier alpha value is -0.820. The van der Waals surface area contributed by atoms with Crippen molar-refractivity contribution in [2.45, 2.75) is 58.9 Å². The second kappa shape index (κ2) is 9.16. The van der Waals surface area contributed by atoms with Crippen molar-refractivity contribution in [1.29, 1.82) is 0 Å². The topological polar surface area (TPSA) is 12.0 Å². The van der Waals surface area contributed by atoms with Crippen LogP contribution in [-0.2, 0) is 6.42 Å². The zero-order valence-corrected chi connectivity index (χ0v) is 12.3. The van der Waals surface area contributed by atoms with Crippen molar-refractivity contribution in [3.63, 3.8) is 0 Å². The van der Waals surface area contributed by atoms with Crippen LogP contribution in [0.25, 0.3) is 0 Å². The van der Waals surface area contributed by atoms with Gasteiger partial charge >= 0.3 is 0 Å². The lowest BCUT2D eigenvalue weighted by Crippen LogP contribution is -2.31. The molecule has 1 N–H and O–H groups in total. The van der Waals surface area contributed by atoms with Gasteiger partial charge in [0.25, 0.3) is 0 Å². The van der Waals surface area contributed by atoms with Gasteiger partial charge in [-0.25, -0.2) is 0 Å². The van der Waals surface area contributed by atoms with E-state index in [-0.39, 0.29) is 0 Å². The quantitative estimate of drug-likeness (QED) is 0.681. The fourth-order valence-electron chi connectivity index (χ4n) is 2.60. The zero-order chi connectivity index (χ0) is 13.2. The maximum atomic E-state index is 3.65. The van der Waals surface area contributed by atoms with Crippen molar-refractivity contribution in [3.8, 4) is 0 Å². The molecule has 102 valence electrons. The van der Waals surface area contributed by atoms with Crippen LogP contribution in [0.1, 0.15) is 52.0 Å². The molecule has 1 aromatic carbocycles. The maximum absolute atomic E-state index is 3.65. The fourth-order valence-corrected chi connectivity index (χ4v) is 2.60. The van der Waals surface area contributed by atoms with Crippen LogP contribution in [0.4, 0.5) is 0 Å². The van der Waals surface area contributed by atoms with Gasteiger partial charge in [-0.3, -0.25) is 0 Å². The highest BCUT2D eigenvalue weighted by Crippen LogP contribution is 2.18. The molecular formula is C17H29N. The van der Waals surface area contributed by atoms with Gasteiger partial charge in [-0.2, -0.15) is 0 Å². The SMILES string of the molecule is CCNC(CCc1ccccc1)CC(CC)CC. The van der Waals surface area contributed by atoms with Crippen LogP contribution in [0.5, 0.6) is 0 Å². The van der Waals surface area contributed by atoms with Crippen LogP contribution in [0.15, 0.2) is 30.3 Å². The first-order chi connectivity index (χ1) is 8.80. The molecule has 0 aliphatic heterocycles. The summed E-state index contributed by atoms with van der Waals surface area (Å²) in [5.74, 6) is 0.879. The van der Waals surface area contributed by atoms with E-state index in [4.69, 9.17) is 0 Å². The molecule has 0 heterocycles. The van der Waals surface area contributed by atoms with E-state index in [1.54, 1.807) is 0 Å². The van der Waals surface area contributed by atoms with Crippen LogP contribution < -0.4 is 5.32 Å². The Balaban J connectivity index is 2.42. The summed E-state index contributed by atoms with van der Waals surface area (Å²) >= 11 is 0. The molecule has 0 saturated heterocycles. The fraction of sp³-hybridized carbons (Fsp3) is 0.647. The average molecular weight is 247 g/mol. The largest absolute Gasteiger partial charge is 0.314 e. The summed E-state index contributed by atoms with van der Waals surface area (Å²) in [5, 5.41) is 3.65. The molecule has 1 unspecified atom stereocenters. The van der Waals surface area contributed by atoms with Crippen molar-refractivity contribution >= 4 is 0 Å². The predicted octanol–water partition coefficient (Wildman–Crippen LogP) is 4.42. The highest BCUT2D eigenvalue weighted by molar-refractivity contribution is 5.14. The number of aryl methyl sites for hydroxylation is 1. The van der Waals surface area contributed by atoms with Crippen LogP contribution in [0, 0.1) is 5.92 Å². The first-order valence-corrected chi connectivity index (χ1v) is 7.57. The minimum atomic E-state index is 0.681. The summed E-state index contributed by atoms with van der Waals surface area (Å²) < 4.78 is 0. The van der Waals surface area contributed by atoms with Crippen molar-refractivity contribution in [2.24, 2.45) is 5.92 Å². The van der Waals surface area contributed by atoms with Gasteiger partial charge in [-0.1, -0.05) is 63.9 Å². The van der Waals surface area contributed by atoms with E-state index in [0.717, 1.165) is 12.5 Å². The predicted molar refractivity (Wildman–Crippen MR) is 80.9 cm³/mol. The minimum absolute atomic E-state index is 0.681. The second-order valence-electron chi connectivity index (χ2n) is 5.20. The highest BCUT2D eigenvalue weighted by Gasteiger charge is 2.13. The van der Waals surface area contributed by atoms with Crippen molar-refractivity contribution in [3.05, 3.63) is 35.9 Å². The molecule has 0 fully saturated rings. The number of rotatable bonds is 9. The molecule has 0 bridgehead atoms. The molecule has 0 aliphatic rings. The van der Waals surface area contributed by atoms with Gasteiger partial charge in [0.1, 0.15) is 0 Å². The molecule has 0 spiro atoms. The van der Waals surface area contributed by atoms with E-state index in [1.807, 2.05) is 0 Å². The maximum Gasteiger partial charge on any atom is 0.00727 e. The monoisotopic (exact) mass is 247 g/mol. The lowest BCUT2D eigenvalue weighted by atomic mass is 9.91. The van der Waals surface area contributed by atoms with Gasteiger partial charge in [0, 0.05) is 6.04 Å². The summed E-state index contributed by atoms with van der Waals surface area (Å²) in [6, 6.07) is 11.5. The molecule has 1 rings (SSSR count). The number of nitrogens with one attached hydrogen (secondary N) is 1. The Morgan fingerprint density at radius 1 is 1.00 bits per heavy atom. The van der Waals surface area contributed by atoms with Crippen LogP contribution in [-0.4, -0.2) is 12.6 Å². The Morgan fingerprint density at radius 3 is 2.22 bits per heavy atom. The molecule has 1 nitrogen and oxygen atoms in total. The summed E-state index contributed by atoms with van der Waals surface area (Å²) in [4.78, 5) is 0. The normalized spacial score (nSPS) is 12.9. The zero-order valence-electron chi connectivity index (χ0n) is 12.3. The van der Waals surface area contributed by atoms with Crippen molar-refractivity contribution in [2.75, 3.05) is 6.54 Å². The molecule has 18 heavy (non-hydrogen) atoms. The second-order valence-corrected chi connectivity index (χ2v) is 5.20. The molecule has 1 aromatic rings. The summed E-state index contributed by atoms with van der Waals surface area (Å²) in [5.41, 5.74) is 1.46. The van der Waals surface area contributed by atoms with E-state index in [9.17, 15) is 0 Å². The average Bonchev–Trinajstić information content (AvgIpc) is 2.43. The van der Waals surface area contributed by atoms with Gasteiger partial charge < -0.3 is 5.32 Å². The number of benzene rings is 1. The molecule has 0 amide bonds. The summed E-state index contributed by atoms with van der Waals surface area (Å²) in [6.07, 6.45) is 6.40. The molecule has 1 heteroatoms. The molecular weight excluding hydrogens is 218 g/mol. The lowest BCUT2D eigenvalue weighted by Gasteiger charge is -2.22. The third-order valence-electron chi connectivity index (χ3n) is 3.89. The Labute approximate surface area is 113 Å². The molecule has 1 atom stereocenters. The van der Waals surface area contributed by atoms with Crippen molar-refractivity contribution < 1.29 is 0 Å². The van der Waals surface area contributed by atoms with Gasteiger partial charge in [-0.05, 0) is 37.3 Å². The van der Waals surface area contributed by atoms with E-state index in [2.05, 4.69) is 56.4 Å². The molecule has 0 aliphatic carbocycles. The third kappa shape index (κ3) is 5.68. The molecule has 0 saturated carbocycles. The Bertz CT molecular complexity index is 290. The Kier molecular flexibility index (Phi) is 7.75. The summed E-state index contributed by atoms with van der Waals surface area (Å²) in [7, 11) is 0. The van der Waals surface area contributed by atoms with Crippen LogP contribution >= 0.6 is 0 Å². The smallest absolute Gasteiger partial charge is 0.00727 e. The standard InChI is InChI=1S/C17H29N/c1-4-15(5-2)14-17(18-6-3)13-12-16-10-8-7-9-11-16/h7-11,15,17-18H,4-6,12-14H2,1-3H3. The minimum Gasteiger partial charge on any atom is -0.314 e. The lowest BCUT2D eigenvalue weighted by molar-refractivity contribution is 0.356. The van der Waals surface area contributed by atoms with Crippen molar-refractivity contribution in [1.82, 2.24) is 5.32 Å². The van der Waals surface area contributed by atoms with E-state index in [0.29, 0.717) is 6.04 Å². The van der Waals surface area contributed by atoms with Crippen LogP contribution in [0.2, 0.25) is 0 Å². The van der Waals surface area contributed by atoms with Gasteiger partial charge in [0.2, 0.25) is 0 Å². The molecule has 0 radical (unpaired) electrons. The van der Waals surface area contributed by atoms with E-state index >= 15 is 0 Å². The first kappa shape index (κ1) is 15.2. The third-order valence-corrected chi connectivity index (χ3v) is 3.89. The van der Waals surface area contributed by atoms with Gasteiger partial charge in [0.15, 0.2) is 0 Å². The number of hydrogen-bond acceptors (Lipinski definition) is 1.